The van der Waals surface area contributed by atoms with E-state index in [-0.39, 0.29) is 4.90 Å². The Labute approximate surface area is 180 Å². The number of aliphatic carboxylic acids is 1. The molecule has 0 spiro atoms. The normalized spacial score (nSPS) is 13.1. The lowest BCUT2D eigenvalue weighted by Gasteiger charge is -2.11. The Kier molecular flexibility index (Phi) is 4.93. The number of benzene rings is 3. The second kappa shape index (κ2) is 7.16. The number of aromatic nitrogens is 1. The Morgan fingerprint density at radius 3 is 2.34 bits per heavy atom. The molecule has 1 aromatic heterocycles. The Hall–Kier alpha value is -2.35. The molecule has 4 aromatic rings. The summed E-state index contributed by atoms with van der Waals surface area (Å²) in [6.45, 7) is 1.57. The topological polar surface area (TPSA) is 76.4 Å². The van der Waals surface area contributed by atoms with E-state index in [0.717, 1.165) is 4.47 Å². The third-order valence-corrected chi connectivity index (χ3v) is 7.44. The van der Waals surface area contributed by atoms with Gasteiger partial charge in [0.25, 0.3) is 10.0 Å². The van der Waals surface area contributed by atoms with E-state index in [1.165, 1.54) is 16.1 Å². The first-order chi connectivity index (χ1) is 13.7. The molecule has 3 aromatic carbocycles. The van der Waals surface area contributed by atoms with Gasteiger partial charge in [0.2, 0.25) is 0 Å². The first-order valence-corrected chi connectivity index (χ1v) is 11.3. The van der Waals surface area contributed by atoms with Crippen LogP contribution < -0.4 is 0 Å². The van der Waals surface area contributed by atoms with Crippen LogP contribution in [0.5, 0.6) is 0 Å². The molecule has 0 fully saturated rings. The number of nitrogens with zero attached hydrogens (tertiary/aromatic N) is 1. The van der Waals surface area contributed by atoms with Crippen LogP contribution in [0.25, 0.3) is 21.8 Å². The number of carbonyl (C=O) groups is 1. The lowest BCUT2D eigenvalue weighted by atomic mass is 10.00. The van der Waals surface area contributed by atoms with Crippen molar-refractivity contribution in [1.29, 1.82) is 0 Å². The Morgan fingerprint density at radius 2 is 1.69 bits per heavy atom. The highest BCUT2D eigenvalue weighted by Gasteiger charge is 2.25. The van der Waals surface area contributed by atoms with E-state index < -0.39 is 21.9 Å². The van der Waals surface area contributed by atoms with E-state index in [1.807, 2.05) is 0 Å². The first kappa shape index (κ1) is 19.9. The van der Waals surface area contributed by atoms with Crippen molar-refractivity contribution in [2.45, 2.75) is 17.7 Å². The molecule has 1 heterocycles. The smallest absolute Gasteiger partial charge is 0.310 e. The van der Waals surface area contributed by atoms with Crippen LogP contribution in [0.15, 0.2) is 70.0 Å². The SMILES string of the molecule is CC(C(=O)O)c1ccc2c3cc(Cl)ccc3n(S(=O)(=O)c3ccc(Br)cc3)c2c1. The average Bonchev–Trinajstić information content (AvgIpc) is 3.01. The fraction of sp³-hybridized carbons (Fsp3) is 0.0952. The highest BCUT2D eigenvalue weighted by Crippen LogP contribution is 2.35. The van der Waals surface area contributed by atoms with E-state index in [0.29, 0.717) is 32.4 Å². The minimum atomic E-state index is -3.94. The Bertz CT molecular complexity index is 1380. The summed E-state index contributed by atoms with van der Waals surface area (Å²) in [5.41, 5.74) is 1.41. The van der Waals surface area contributed by atoms with Crippen molar-refractivity contribution in [3.8, 4) is 0 Å². The molecular weight excluding hydrogens is 478 g/mol. The van der Waals surface area contributed by atoms with Gasteiger partial charge in [0.15, 0.2) is 0 Å². The number of carboxylic acid groups (broad SMARTS) is 1. The zero-order chi connectivity index (χ0) is 20.9. The molecule has 0 aliphatic heterocycles. The van der Waals surface area contributed by atoms with Crippen LogP contribution in [0.3, 0.4) is 0 Å². The number of rotatable bonds is 4. The summed E-state index contributed by atoms with van der Waals surface area (Å²) in [5.74, 6) is -1.75. The van der Waals surface area contributed by atoms with Crippen molar-refractivity contribution in [1.82, 2.24) is 3.97 Å². The fourth-order valence-corrected chi connectivity index (χ4v) is 5.31. The number of fused-ring (bicyclic) bond motifs is 3. The molecule has 0 aliphatic carbocycles. The summed E-state index contributed by atoms with van der Waals surface area (Å²) < 4.78 is 29.1. The van der Waals surface area contributed by atoms with Crippen LogP contribution in [0.2, 0.25) is 5.02 Å². The molecule has 148 valence electrons. The van der Waals surface area contributed by atoms with Gasteiger partial charge in [-0.15, -0.1) is 0 Å². The fourth-order valence-electron chi connectivity index (χ4n) is 3.36. The molecule has 1 N–H and O–H groups in total. The molecule has 5 nitrogen and oxygen atoms in total. The maximum atomic E-state index is 13.5. The highest BCUT2D eigenvalue weighted by atomic mass is 79.9. The number of carboxylic acids is 1. The van der Waals surface area contributed by atoms with E-state index in [2.05, 4.69) is 15.9 Å². The van der Waals surface area contributed by atoms with Crippen LogP contribution in [-0.2, 0) is 14.8 Å². The van der Waals surface area contributed by atoms with E-state index in [4.69, 9.17) is 11.6 Å². The minimum Gasteiger partial charge on any atom is -0.481 e. The summed E-state index contributed by atoms with van der Waals surface area (Å²) >= 11 is 9.47. The molecule has 0 radical (unpaired) electrons. The van der Waals surface area contributed by atoms with Gasteiger partial charge in [0.1, 0.15) is 0 Å². The van der Waals surface area contributed by atoms with Gasteiger partial charge < -0.3 is 5.11 Å². The summed E-state index contributed by atoms with van der Waals surface area (Å²) in [6, 6.07) is 16.5. The maximum Gasteiger partial charge on any atom is 0.310 e. The van der Waals surface area contributed by atoms with Gasteiger partial charge in [0, 0.05) is 20.3 Å². The lowest BCUT2D eigenvalue weighted by Crippen LogP contribution is -2.13. The molecule has 8 heteroatoms. The van der Waals surface area contributed by atoms with Gasteiger partial charge >= 0.3 is 5.97 Å². The van der Waals surface area contributed by atoms with Crippen molar-refractivity contribution in [2.75, 3.05) is 0 Å². The molecule has 0 bridgehead atoms. The third-order valence-electron chi connectivity index (χ3n) is 4.93. The summed E-state index contributed by atoms with van der Waals surface area (Å²) in [6.07, 6.45) is 0. The van der Waals surface area contributed by atoms with Gasteiger partial charge in [-0.3, -0.25) is 4.79 Å². The molecule has 0 amide bonds. The van der Waals surface area contributed by atoms with Gasteiger partial charge in [0.05, 0.1) is 21.8 Å². The molecule has 29 heavy (non-hydrogen) atoms. The highest BCUT2D eigenvalue weighted by molar-refractivity contribution is 9.10. The van der Waals surface area contributed by atoms with Gasteiger partial charge in [-0.2, -0.15) is 0 Å². The van der Waals surface area contributed by atoms with Gasteiger partial charge in [-0.05, 0) is 61.0 Å². The predicted molar refractivity (Wildman–Crippen MR) is 117 cm³/mol. The monoisotopic (exact) mass is 491 g/mol. The molecule has 1 atom stereocenters. The van der Waals surface area contributed by atoms with Crippen molar-refractivity contribution in [3.05, 3.63) is 75.7 Å². The van der Waals surface area contributed by atoms with Crippen LogP contribution in [0, 0.1) is 0 Å². The second-order valence-corrected chi connectivity index (χ2v) is 9.86. The van der Waals surface area contributed by atoms with Crippen molar-refractivity contribution in [3.63, 3.8) is 0 Å². The first-order valence-electron chi connectivity index (χ1n) is 8.68. The minimum absolute atomic E-state index is 0.131. The summed E-state index contributed by atoms with van der Waals surface area (Å²) in [7, 11) is -3.94. The van der Waals surface area contributed by atoms with E-state index in [9.17, 15) is 18.3 Å². The quantitative estimate of drug-likeness (QED) is 0.400. The largest absolute Gasteiger partial charge is 0.481 e. The van der Waals surface area contributed by atoms with Gasteiger partial charge in [-0.1, -0.05) is 39.7 Å². The number of hydrogen-bond acceptors (Lipinski definition) is 3. The van der Waals surface area contributed by atoms with Crippen LogP contribution in [0.1, 0.15) is 18.4 Å². The Morgan fingerprint density at radius 1 is 1.00 bits per heavy atom. The van der Waals surface area contributed by atoms with Crippen LogP contribution in [0.4, 0.5) is 0 Å². The lowest BCUT2D eigenvalue weighted by molar-refractivity contribution is -0.138. The zero-order valence-corrected chi connectivity index (χ0v) is 18.3. The van der Waals surface area contributed by atoms with Crippen LogP contribution in [-0.4, -0.2) is 23.5 Å². The van der Waals surface area contributed by atoms with E-state index in [1.54, 1.807) is 55.5 Å². The summed E-state index contributed by atoms with van der Waals surface area (Å²) in [5, 5.41) is 11.2. The predicted octanol–water partition coefficient (Wildman–Crippen LogP) is 5.64. The maximum absolute atomic E-state index is 13.5. The van der Waals surface area contributed by atoms with Crippen molar-refractivity contribution < 1.29 is 18.3 Å². The molecular formula is C21H15BrClNO4S. The van der Waals surface area contributed by atoms with E-state index >= 15 is 0 Å². The Balaban J connectivity index is 2.10. The molecule has 0 saturated carbocycles. The third kappa shape index (κ3) is 3.33. The van der Waals surface area contributed by atoms with Crippen molar-refractivity contribution >= 4 is 65.3 Å². The molecule has 0 aliphatic rings. The number of halogens is 2. The average molecular weight is 493 g/mol. The molecule has 4 rings (SSSR count). The standard InChI is InChI=1S/C21H15BrClNO4S/c1-12(21(25)26)13-2-8-17-18-11-15(23)5-9-19(18)24(20(17)10-13)29(27,28)16-6-3-14(22)4-7-16/h2-12H,1H3,(H,25,26). The molecule has 1 unspecified atom stereocenters. The van der Waals surface area contributed by atoms with Crippen molar-refractivity contribution in [2.24, 2.45) is 0 Å². The summed E-state index contributed by atoms with van der Waals surface area (Å²) in [4.78, 5) is 11.6. The van der Waals surface area contributed by atoms with Crippen LogP contribution >= 0.6 is 27.5 Å². The zero-order valence-electron chi connectivity index (χ0n) is 15.1. The number of hydrogen-bond donors (Lipinski definition) is 1. The van der Waals surface area contributed by atoms with Gasteiger partial charge in [-0.25, -0.2) is 12.4 Å². The second-order valence-electron chi connectivity index (χ2n) is 6.72. The molecule has 0 saturated heterocycles.